The van der Waals surface area contributed by atoms with E-state index in [1.165, 1.54) is 24.5 Å². The van der Waals surface area contributed by atoms with E-state index < -0.39 is 0 Å². The number of likely N-dealkylation sites (tertiary alicyclic amines) is 1. The number of amides is 1. The molecular formula is C33H33N3O3. The molecule has 1 saturated heterocycles. The van der Waals surface area contributed by atoms with Crippen molar-refractivity contribution in [2.45, 2.75) is 45.1 Å². The summed E-state index contributed by atoms with van der Waals surface area (Å²) >= 11 is 0. The van der Waals surface area contributed by atoms with Gasteiger partial charge in [0.1, 0.15) is 0 Å². The van der Waals surface area contributed by atoms with E-state index in [1.54, 1.807) is 15.7 Å². The molecule has 2 fully saturated rings. The highest BCUT2D eigenvalue weighted by Gasteiger charge is 2.31. The molecule has 6 rings (SSSR count). The van der Waals surface area contributed by atoms with Gasteiger partial charge < -0.3 is 10.0 Å². The van der Waals surface area contributed by atoms with Crippen LogP contribution in [0.3, 0.4) is 0 Å². The third-order valence-electron chi connectivity index (χ3n) is 8.15. The third-order valence-corrected chi connectivity index (χ3v) is 8.15. The number of hydrogen-bond acceptors (Lipinski definition) is 4. The van der Waals surface area contributed by atoms with Crippen molar-refractivity contribution in [3.8, 4) is 16.8 Å². The molecule has 39 heavy (non-hydrogen) atoms. The summed E-state index contributed by atoms with van der Waals surface area (Å²) in [6.07, 6.45) is 7.01. The summed E-state index contributed by atoms with van der Waals surface area (Å²) in [5, 5.41) is 12.3. The van der Waals surface area contributed by atoms with Crippen molar-refractivity contribution in [3.63, 3.8) is 0 Å². The number of fused-ring (bicyclic) bond motifs is 1. The van der Waals surface area contributed by atoms with Gasteiger partial charge in [0.2, 0.25) is 5.91 Å². The van der Waals surface area contributed by atoms with Crippen LogP contribution in [0, 0.1) is 5.92 Å². The number of aliphatic hydroxyl groups excluding tert-OH is 1. The van der Waals surface area contributed by atoms with Crippen molar-refractivity contribution < 1.29 is 9.90 Å². The normalized spacial score (nSPS) is 15.4. The molecule has 198 valence electrons. The zero-order valence-corrected chi connectivity index (χ0v) is 22.3. The Kier molecular flexibility index (Phi) is 6.65. The quantitative estimate of drug-likeness (QED) is 0.326. The summed E-state index contributed by atoms with van der Waals surface area (Å²) in [5.41, 5.74) is 6.33. The Morgan fingerprint density at radius 3 is 2.67 bits per heavy atom. The minimum absolute atomic E-state index is 0.0599. The van der Waals surface area contributed by atoms with Crippen LogP contribution in [0.15, 0.2) is 78.2 Å². The van der Waals surface area contributed by atoms with Gasteiger partial charge >= 0.3 is 0 Å². The summed E-state index contributed by atoms with van der Waals surface area (Å²) in [7, 11) is 0. The average molecular weight is 520 g/mol. The van der Waals surface area contributed by atoms with Gasteiger partial charge in [-0.15, -0.1) is 0 Å². The van der Waals surface area contributed by atoms with Crippen LogP contribution < -0.4 is 5.56 Å². The van der Waals surface area contributed by atoms with Gasteiger partial charge in [0.15, 0.2) is 0 Å². The first kappa shape index (κ1) is 25.3. The molecule has 1 amide bonds. The molecule has 0 bridgehead atoms. The Bertz CT molecular complexity index is 1640. The number of carbonyl (C=O) groups is 1. The zero-order valence-electron chi connectivity index (χ0n) is 22.3. The monoisotopic (exact) mass is 519 g/mol. The number of aryl methyl sites for hydroxylation is 1. The summed E-state index contributed by atoms with van der Waals surface area (Å²) in [6, 6.07) is 18.2. The summed E-state index contributed by atoms with van der Waals surface area (Å²) < 4.78 is 1.79. The van der Waals surface area contributed by atoms with E-state index in [0.29, 0.717) is 42.1 Å². The standard InChI is InChI=1S/C33H33N3O3/c1-3-26-16-24(12-13-34-26)28-6-5-7-31(30(28)20-37)36-27(14-21-18-35(19-21)32(38)4-2)17-25-15-23(22-8-9-22)10-11-29(25)33(36)39/h4-7,10-13,15-17,21-22,37H,2-3,8-9,14,18-20H2,1H3. The van der Waals surface area contributed by atoms with Crippen molar-refractivity contribution in [2.75, 3.05) is 13.1 Å². The maximum absolute atomic E-state index is 14.2. The molecule has 2 aromatic carbocycles. The largest absolute Gasteiger partial charge is 0.392 e. The van der Waals surface area contributed by atoms with E-state index in [-0.39, 0.29) is 24.0 Å². The highest BCUT2D eigenvalue weighted by molar-refractivity contribution is 5.87. The fraction of sp³-hybridized carbons (Fsp3) is 0.303. The summed E-state index contributed by atoms with van der Waals surface area (Å²) in [5.74, 6) is 0.781. The van der Waals surface area contributed by atoms with E-state index in [9.17, 15) is 14.7 Å². The van der Waals surface area contributed by atoms with Gasteiger partial charge in [0.05, 0.1) is 12.3 Å². The van der Waals surface area contributed by atoms with E-state index in [0.717, 1.165) is 34.3 Å². The number of hydrogen-bond donors (Lipinski definition) is 1. The van der Waals surface area contributed by atoms with Gasteiger partial charge in [0.25, 0.3) is 5.56 Å². The predicted octanol–water partition coefficient (Wildman–Crippen LogP) is 5.17. The fourth-order valence-electron chi connectivity index (χ4n) is 5.84. The van der Waals surface area contributed by atoms with Crippen LogP contribution in [-0.4, -0.2) is 38.6 Å². The molecular weight excluding hydrogens is 486 g/mol. The molecule has 0 unspecified atom stereocenters. The molecule has 1 N–H and O–H groups in total. The van der Waals surface area contributed by atoms with Gasteiger partial charge in [0, 0.05) is 41.6 Å². The predicted molar refractivity (Wildman–Crippen MR) is 154 cm³/mol. The lowest BCUT2D eigenvalue weighted by Crippen LogP contribution is -2.50. The first-order valence-corrected chi connectivity index (χ1v) is 13.8. The zero-order chi connectivity index (χ0) is 27.1. The van der Waals surface area contributed by atoms with Crippen molar-refractivity contribution in [3.05, 3.63) is 106 Å². The molecule has 0 atom stereocenters. The van der Waals surface area contributed by atoms with Crippen molar-refractivity contribution in [1.82, 2.24) is 14.5 Å². The maximum Gasteiger partial charge on any atom is 0.263 e. The molecule has 1 aliphatic heterocycles. The summed E-state index contributed by atoms with van der Waals surface area (Å²) in [6.45, 7) is 6.74. The van der Waals surface area contributed by atoms with Crippen LogP contribution in [0.25, 0.3) is 27.6 Å². The molecule has 4 aromatic rings. The van der Waals surface area contributed by atoms with E-state index in [4.69, 9.17) is 0 Å². The van der Waals surface area contributed by atoms with Crippen LogP contribution in [-0.2, 0) is 24.2 Å². The van der Waals surface area contributed by atoms with Gasteiger partial charge in [-0.1, -0.05) is 37.8 Å². The number of rotatable bonds is 8. The highest BCUT2D eigenvalue weighted by Crippen LogP contribution is 2.41. The number of nitrogens with zero attached hydrogens (tertiary/aromatic N) is 3. The van der Waals surface area contributed by atoms with Crippen LogP contribution >= 0.6 is 0 Å². The van der Waals surface area contributed by atoms with Crippen LogP contribution in [0.4, 0.5) is 0 Å². The molecule has 0 spiro atoms. The Labute approximate surface area is 228 Å². The highest BCUT2D eigenvalue weighted by atomic mass is 16.3. The van der Waals surface area contributed by atoms with Crippen LogP contribution in [0.5, 0.6) is 0 Å². The molecule has 1 saturated carbocycles. The van der Waals surface area contributed by atoms with Gasteiger partial charge in [-0.25, -0.2) is 0 Å². The van der Waals surface area contributed by atoms with Gasteiger partial charge in [-0.2, -0.15) is 0 Å². The Morgan fingerprint density at radius 2 is 1.95 bits per heavy atom. The van der Waals surface area contributed by atoms with E-state index >= 15 is 0 Å². The molecule has 6 nitrogen and oxygen atoms in total. The molecule has 2 aliphatic rings. The fourth-order valence-corrected chi connectivity index (χ4v) is 5.84. The topological polar surface area (TPSA) is 75.4 Å². The Hall–Kier alpha value is -4.03. The van der Waals surface area contributed by atoms with Gasteiger partial charge in [-0.05, 0) is 96.0 Å². The average Bonchev–Trinajstić information content (AvgIpc) is 3.79. The number of aliphatic hydroxyl groups is 1. The van der Waals surface area contributed by atoms with Crippen LogP contribution in [0.2, 0.25) is 0 Å². The lowest BCUT2D eigenvalue weighted by molar-refractivity contribution is -0.132. The minimum atomic E-state index is -0.204. The number of benzene rings is 2. The molecule has 6 heteroatoms. The first-order chi connectivity index (χ1) is 19.0. The third kappa shape index (κ3) is 4.70. The Balaban J connectivity index is 1.50. The number of carbonyl (C=O) groups excluding carboxylic acids is 1. The minimum Gasteiger partial charge on any atom is -0.392 e. The van der Waals surface area contributed by atoms with Crippen LogP contribution in [0.1, 0.15) is 48.2 Å². The van der Waals surface area contributed by atoms with Crippen molar-refractivity contribution >= 4 is 16.7 Å². The second kappa shape index (κ2) is 10.3. The second-order valence-corrected chi connectivity index (χ2v) is 10.8. The SMILES string of the molecule is C=CC(=O)N1CC(Cc2cc3cc(C4CC4)ccc3c(=O)n2-c2cccc(-c3ccnc(CC)c3)c2CO)C1. The van der Waals surface area contributed by atoms with Crippen molar-refractivity contribution in [1.29, 1.82) is 0 Å². The van der Waals surface area contributed by atoms with Crippen molar-refractivity contribution in [2.24, 2.45) is 5.92 Å². The van der Waals surface area contributed by atoms with E-state index in [1.807, 2.05) is 36.4 Å². The Morgan fingerprint density at radius 1 is 1.13 bits per heavy atom. The molecule has 3 heterocycles. The first-order valence-electron chi connectivity index (χ1n) is 13.8. The van der Waals surface area contributed by atoms with E-state index in [2.05, 4.69) is 36.7 Å². The number of aromatic nitrogens is 2. The maximum atomic E-state index is 14.2. The van der Waals surface area contributed by atoms with Gasteiger partial charge in [-0.3, -0.25) is 19.1 Å². The second-order valence-electron chi connectivity index (χ2n) is 10.8. The smallest absolute Gasteiger partial charge is 0.263 e. The summed E-state index contributed by atoms with van der Waals surface area (Å²) in [4.78, 5) is 32.4. The molecule has 0 radical (unpaired) electrons. The molecule has 1 aliphatic carbocycles. The lowest BCUT2D eigenvalue weighted by atomic mass is 9.92. The number of pyridine rings is 2. The molecule has 2 aromatic heterocycles. The lowest BCUT2D eigenvalue weighted by Gasteiger charge is -2.39.